The average molecular weight is 252 g/mol. The molecule has 88 valence electrons. The number of amides is 2. The molecule has 6 heteroatoms. The third kappa shape index (κ3) is 2.20. The van der Waals surface area contributed by atoms with E-state index in [9.17, 15) is 9.59 Å². The molecule has 0 bridgehead atoms. The second-order valence-corrected chi connectivity index (χ2v) is 3.95. The summed E-state index contributed by atoms with van der Waals surface area (Å²) in [6, 6.07) is 6.70. The lowest BCUT2D eigenvalue weighted by Crippen LogP contribution is -2.45. The highest BCUT2D eigenvalue weighted by molar-refractivity contribution is 6.32. The third-order valence-electron chi connectivity index (χ3n) is 2.43. The topological polar surface area (TPSA) is 84.5 Å². The molecule has 1 aromatic carbocycles. The van der Waals surface area contributed by atoms with Crippen LogP contribution in [-0.4, -0.2) is 24.2 Å². The zero-order valence-electron chi connectivity index (χ0n) is 8.81. The Morgan fingerprint density at radius 1 is 1.35 bits per heavy atom. The zero-order chi connectivity index (χ0) is 12.4. The summed E-state index contributed by atoms with van der Waals surface area (Å²) in [7, 11) is 0. The van der Waals surface area contributed by atoms with E-state index < -0.39 is 17.7 Å². The SMILES string of the molecule is NCC1=NC(=O)C(c2ccccc2Cl)C(=O)N1. The van der Waals surface area contributed by atoms with E-state index in [1.807, 2.05) is 0 Å². The van der Waals surface area contributed by atoms with E-state index in [4.69, 9.17) is 17.3 Å². The fourth-order valence-corrected chi connectivity index (χ4v) is 1.88. The Balaban J connectivity index is 2.41. The molecule has 0 spiro atoms. The Labute approximate surface area is 103 Å². The van der Waals surface area contributed by atoms with Gasteiger partial charge in [0.25, 0.3) is 5.91 Å². The van der Waals surface area contributed by atoms with E-state index in [-0.39, 0.29) is 12.4 Å². The van der Waals surface area contributed by atoms with E-state index >= 15 is 0 Å². The van der Waals surface area contributed by atoms with Gasteiger partial charge in [0.2, 0.25) is 5.91 Å². The molecule has 1 heterocycles. The van der Waals surface area contributed by atoms with Gasteiger partial charge in [-0.05, 0) is 11.6 Å². The molecule has 1 unspecified atom stereocenters. The number of hydrogen-bond donors (Lipinski definition) is 2. The smallest absolute Gasteiger partial charge is 0.264 e. The quantitative estimate of drug-likeness (QED) is 0.748. The van der Waals surface area contributed by atoms with Crippen molar-refractivity contribution in [3.05, 3.63) is 34.9 Å². The predicted molar refractivity (Wildman–Crippen MR) is 63.8 cm³/mol. The van der Waals surface area contributed by atoms with E-state index in [0.717, 1.165) is 0 Å². The molecule has 3 N–H and O–H groups in total. The molecule has 5 nitrogen and oxygen atoms in total. The Hall–Kier alpha value is -1.72. The summed E-state index contributed by atoms with van der Waals surface area (Å²) < 4.78 is 0. The highest BCUT2D eigenvalue weighted by Gasteiger charge is 2.34. The maximum absolute atomic E-state index is 11.8. The van der Waals surface area contributed by atoms with Gasteiger partial charge in [0, 0.05) is 5.02 Å². The molecule has 1 aromatic rings. The van der Waals surface area contributed by atoms with Gasteiger partial charge in [0.05, 0.1) is 6.54 Å². The summed E-state index contributed by atoms with van der Waals surface area (Å²) in [5.41, 5.74) is 5.77. The summed E-state index contributed by atoms with van der Waals surface area (Å²) in [5, 5.41) is 2.85. The first kappa shape index (κ1) is 11.8. The number of carbonyl (C=O) groups is 2. The van der Waals surface area contributed by atoms with Crippen LogP contribution >= 0.6 is 11.6 Å². The molecule has 2 rings (SSSR count). The first-order valence-electron chi connectivity index (χ1n) is 5.00. The van der Waals surface area contributed by atoms with Crippen LogP contribution in [-0.2, 0) is 9.59 Å². The van der Waals surface area contributed by atoms with Gasteiger partial charge >= 0.3 is 0 Å². The second-order valence-electron chi connectivity index (χ2n) is 3.54. The Kier molecular flexibility index (Phi) is 3.21. The van der Waals surface area contributed by atoms with Crippen molar-refractivity contribution in [1.29, 1.82) is 0 Å². The van der Waals surface area contributed by atoms with Crippen LogP contribution in [0.1, 0.15) is 11.5 Å². The predicted octanol–water partition coefficient (Wildman–Crippen LogP) is 0.437. The Morgan fingerprint density at radius 3 is 2.65 bits per heavy atom. The van der Waals surface area contributed by atoms with Crippen LogP contribution in [0.15, 0.2) is 29.3 Å². The highest BCUT2D eigenvalue weighted by atomic mass is 35.5. The highest BCUT2D eigenvalue weighted by Crippen LogP contribution is 2.27. The molecule has 0 aromatic heterocycles. The summed E-state index contributed by atoms with van der Waals surface area (Å²) >= 11 is 5.95. The molecule has 0 aliphatic carbocycles. The Bertz CT molecular complexity index is 513. The summed E-state index contributed by atoms with van der Waals surface area (Å²) in [4.78, 5) is 27.3. The van der Waals surface area contributed by atoms with Crippen LogP contribution in [0.4, 0.5) is 0 Å². The fourth-order valence-electron chi connectivity index (χ4n) is 1.63. The van der Waals surface area contributed by atoms with Crippen LogP contribution in [0.2, 0.25) is 5.02 Å². The summed E-state index contributed by atoms with van der Waals surface area (Å²) in [6.45, 7) is 0.0206. The van der Waals surface area contributed by atoms with Crippen molar-refractivity contribution in [3.63, 3.8) is 0 Å². The number of halogens is 1. The van der Waals surface area contributed by atoms with Crippen LogP contribution in [0.5, 0.6) is 0 Å². The normalized spacial score (nSPS) is 19.9. The molecule has 2 amide bonds. The van der Waals surface area contributed by atoms with Gasteiger partial charge in [-0.3, -0.25) is 9.59 Å². The molecular formula is C11H10ClN3O2. The first-order valence-corrected chi connectivity index (χ1v) is 5.38. The van der Waals surface area contributed by atoms with Crippen molar-refractivity contribution in [2.45, 2.75) is 5.92 Å². The monoisotopic (exact) mass is 251 g/mol. The van der Waals surface area contributed by atoms with Crippen molar-refractivity contribution in [2.75, 3.05) is 6.54 Å². The number of aliphatic imine (C=N–C) groups is 1. The van der Waals surface area contributed by atoms with Crippen molar-refractivity contribution in [3.8, 4) is 0 Å². The molecular weight excluding hydrogens is 242 g/mol. The summed E-state index contributed by atoms with van der Waals surface area (Å²) in [6.07, 6.45) is 0. The van der Waals surface area contributed by atoms with Crippen molar-refractivity contribution < 1.29 is 9.59 Å². The molecule has 1 atom stereocenters. The average Bonchev–Trinajstić information content (AvgIpc) is 2.30. The number of benzene rings is 1. The number of rotatable bonds is 2. The van der Waals surface area contributed by atoms with Gasteiger partial charge in [0.15, 0.2) is 0 Å². The van der Waals surface area contributed by atoms with Crippen LogP contribution in [0.3, 0.4) is 0 Å². The molecule has 1 aliphatic heterocycles. The van der Waals surface area contributed by atoms with E-state index in [0.29, 0.717) is 10.6 Å². The van der Waals surface area contributed by atoms with Crippen molar-refractivity contribution >= 4 is 29.3 Å². The lowest BCUT2D eigenvalue weighted by molar-refractivity contribution is -0.129. The molecule has 0 radical (unpaired) electrons. The van der Waals surface area contributed by atoms with Crippen molar-refractivity contribution in [2.24, 2.45) is 10.7 Å². The van der Waals surface area contributed by atoms with E-state index in [1.165, 1.54) is 0 Å². The van der Waals surface area contributed by atoms with Gasteiger partial charge in [-0.1, -0.05) is 29.8 Å². The second kappa shape index (κ2) is 4.65. The van der Waals surface area contributed by atoms with Crippen LogP contribution in [0, 0.1) is 0 Å². The number of carbonyl (C=O) groups excluding carboxylic acids is 2. The minimum Gasteiger partial charge on any atom is -0.324 e. The largest absolute Gasteiger partial charge is 0.324 e. The lowest BCUT2D eigenvalue weighted by Gasteiger charge is -2.20. The Morgan fingerprint density at radius 2 is 2.06 bits per heavy atom. The van der Waals surface area contributed by atoms with E-state index in [2.05, 4.69) is 10.3 Å². The molecule has 0 saturated carbocycles. The number of nitrogens with one attached hydrogen (secondary N) is 1. The molecule has 0 saturated heterocycles. The van der Waals surface area contributed by atoms with Crippen molar-refractivity contribution in [1.82, 2.24) is 5.32 Å². The molecule has 0 fully saturated rings. The fraction of sp³-hybridized carbons (Fsp3) is 0.182. The number of amidine groups is 1. The maximum Gasteiger partial charge on any atom is 0.264 e. The van der Waals surface area contributed by atoms with Gasteiger partial charge < -0.3 is 11.1 Å². The maximum atomic E-state index is 11.8. The molecule has 1 aliphatic rings. The van der Waals surface area contributed by atoms with Gasteiger partial charge in [-0.15, -0.1) is 0 Å². The van der Waals surface area contributed by atoms with E-state index in [1.54, 1.807) is 24.3 Å². The summed E-state index contributed by atoms with van der Waals surface area (Å²) in [5.74, 6) is -1.79. The first-order chi connectivity index (χ1) is 8.13. The molecule has 17 heavy (non-hydrogen) atoms. The third-order valence-corrected chi connectivity index (χ3v) is 2.78. The lowest BCUT2D eigenvalue weighted by atomic mass is 9.96. The van der Waals surface area contributed by atoms with Crippen LogP contribution in [0.25, 0.3) is 0 Å². The standard InChI is InChI=1S/C11H10ClN3O2/c12-7-4-2-1-3-6(7)9-10(16)14-8(5-13)15-11(9)17/h1-4,9H,5,13H2,(H,14,15,16,17). The number of hydrogen-bond acceptors (Lipinski definition) is 3. The van der Waals surface area contributed by atoms with Gasteiger partial charge in [-0.25, -0.2) is 0 Å². The number of nitrogens with zero attached hydrogens (tertiary/aromatic N) is 1. The van der Waals surface area contributed by atoms with Gasteiger partial charge in [-0.2, -0.15) is 4.99 Å². The minimum atomic E-state index is -0.987. The number of nitrogens with two attached hydrogens (primary N) is 1. The van der Waals surface area contributed by atoms with Crippen LogP contribution < -0.4 is 11.1 Å². The zero-order valence-corrected chi connectivity index (χ0v) is 9.57. The van der Waals surface area contributed by atoms with Gasteiger partial charge in [0.1, 0.15) is 11.8 Å². The minimum absolute atomic E-state index is 0.0206.